The number of carbonyl (C=O) groups is 1. The summed E-state index contributed by atoms with van der Waals surface area (Å²) in [5.41, 5.74) is 0.0426. The number of anilines is 1. The molecule has 0 spiro atoms. The summed E-state index contributed by atoms with van der Waals surface area (Å²) in [5, 5.41) is 16.1. The fourth-order valence-electron chi connectivity index (χ4n) is 1.57. The zero-order chi connectivity index (χ0) is 13.7. The average Bonchev–Trinajstić information content (AvgIpc) is 2.81. The Morgan fingerprint density at radius 2 is 2.32 bits per heavy atom. The Labute approximate surface area is 118 Å². The van der Waals surface area contributed by atoms with Crippen LogP contribution in [-0.2, 0) is 6.54 Å². The zero-order valence-electron chi connectivity index (χ0n) is 10.1. The molecular weight excluding hydrogens is 312 g/mol. The lowest BCUT2D eigenvalue weighted by molar-refractivity contribution is 0.0690. The van der Waals surface area contributed by atoms with Gasteiger partial charge in [0.1, 0.15) is 5.82 Å². The van der Waals surface area contributed by atoms with Crippen molar-refractivity contribution < 1.29 is 9.90 Å². The number of nitrogens with zero attached hydrogens (tertiary/aromatic N) is 3. The van der Waals surface area contributed by atoms with Crippen LogP contribution in [0.4, 0.5) is 5.82 Å². The quantitative estimate of drug-likeness (QED) is 0.796. The van der Waals surface area contributed by atoms with E-state index >= 15 is 0 Å². The number of pyridine rings is 1. The Kier molecular flexibility index (Phi) is 4.51. The molecule has 0 saturated heterocycles. The number of halogens is 1. The summed E-state index contributed by atoms with van der Waals surface area (Å²) in [7, 11) is 0. The molecule has 0 fully saturated rings. The van der Waals surface area contributed by atoms with Crippen molar-refractivity contribution in [2.24, 2.45) is 0 Å². The lowest BCUT2D eigenvalue weighted by Crippen LogP contribution is -2.09. The number of rotatable bonds is 6. The summed E-state index contributed by atoms with van der Waals surface area (Å²) in [6.07, 6.45) is 4.52. The molecular formula is C12H13BrN4O2. The van der Waals surface area contributed by atoms with Crippen molar-refractivity contribution in [3.8, 4) is 0 Å². The maximum absolute atomic E-state index is 10.8. The highest BCUT2D eigenvalue weighted by atomic mass is 79.9. The number of aromatic carboxylic acids is 1. The zero-order valence-corrected chi connectivity index (χ0v) is 11.7. The number of aromatic nitrogens is 3. The normalized spacial score (nSPS) is 10.4. The molecule has 0 bridgehead atoms. The van der Waals surface area contributed by atoms with E-state index in [2.05, 4.69) is 31.3 Å². The van der Waals surface area contributed by atoms with Crippen LogP contribution in [0.5, 0.6) is 0 Å². The molecule has 0 radical (unpaired) electrons. The van der Waals surface area contributed by atoms with Gasteiger partial charge in [0.15, 0.2) is 5.69 Å². The highest BCUT2D eigenvalue weighted by molar-refractivity contribution is 9.10. The molecule has 2 aromatic heterocycles. The predicted octanol–water partition coefficient (Wildman–Crippen LogP) is 2.24. The first-order valence-electron chi connectivity index (χ1n) is 5.77. The van der Waals surface area contributed by atoms with Crippen LogP contribution < -0.4 is 5.32 Å². The van der Waals surface area contributed by atoms with Gasteiger partial charge in [0.25, 0.3) is 0 Å². The molecule has 100 valence electrons. The van der Waals surface area contributed by atoms with Crippen molar-refractivity contribution in [1.29, 1.82) is 0 Å². The maximum atomic E-state index is 10.8. The van der Waals surface area contributed by atoms with Crippen LogP contribution in [-0.4, -0.2) is 32.4 Å². The summed E-state index contributed by atoms with van der Waals surface area (Å²) in [5.74, 6) is -0.452. The number of carboxylic acid groups (broad SMARTS) is 1. The highest BCUT2D eigenvalue weighted by Crippen LogP contribution is 2.07. The monoisotopic (exact) mass is 324 g/mol. The minimum atomic E-state index is -1.02. The lowest BCUT2D eigenvalue weighted by atomic mass is 10.3. The van der Waals surface area contributed by atoms with Crippen LogP contribution in [0, 0.1) is 0 Å². The van der Waals surface area contributed by atoms with Gasteiger partial charge in [0, 0.05) is 19.3 Å². The van der Waals surface area contributed by atoms with Gasteiger partial charge in [-0.15, -0.1) is 0 Å². The van der Waals surface area contributed by atoms with Crippen molar-refractivity contribution in [3.63, 3.8) is 0 Å². The van der Waals surface area contributed by atoms with Crippen LogP contribution in [0.15, 0.2) is 35.1 Å². The number of hydrogen-bond acceptors (Lipinski definition) is 4. The Morgan fingerprint density at radius 1 is 1.47 bits per heavy atom. The first kappa shape index (κ1) is 13.5. The molecule has 2 heterocycles. The first-order valence-corrected chi connectivity index (χ1v) is 6.56. The van der Waals surface area contributed by atoms with E-state index in [0.717, 1.165) is 17.4 Å². The molecule has 2 rings (SSSR count). The SMILES string of the molecule is O=C(O)c1cccc(NCCCn2cc(Br)cn2)n1. The Hall–Kier alpha value is -1.89. The summed E-state index contributed by atoms with van der Waals surface area (Å²) < 4.78 is 2.80. The third-order valence-electron chi connectivity index (χ3n) is 2.44. The molecule has 6 nitrogen and oxygen atoms in total. The summed E-state index contributed by atoms with van der Waals surface area (Å²) in [4.78, 5) is 14.7. The minimum Gasteiger partial charge on any atom is -0.477 e. The molecule has 0 aliphatic carbocycles. The van der Waals surface area contributed by atoms with Gasteiger partial charge < -0.3 is 10.4 Å². The van der Waals surface area contributed by atoms with Crippen LogP contribution in [0.25, 0.3) is 0 Å². The predicted molar refractivity (Wildman–Crippen MR) is 74.2 cm³/mol. The van der Waals surface area contributed by atoms with Crippen molar-refractivity contribution >= 4 is 27.7 Å². The maximum Gasteiger partial charge on any atom is 0.354 e. The molecule has 0 atom stereocenters. The topological polar surface area (TPSA) is 80.0 Å². The second-order valence-electron chi connectivity index (χ2n) is 3.92. The molecule has 0 aliphatic rings. The van der Waals surface area contributed by atoms with Gasteiger partial charge in [-0.2, -0.15) is 5.10 Å². The van der Waals surface area contributed by atoms with E-state index in [4.69, 9.17) is 5.11 Å². The van der Waals surface area contributed by atoms with Crippen molar-refractivity contribution in [2.75, 3.05) is 11.9 Å². The standard InChI is InChI=1S/C12H13BrN4O2/c13-9-7-15-17(8-9)6-2-5-14-11-4-1-3-10(16-11)12(18)19/h1,3-4,7-8H,2,5-6H2,(H,14,16)(H,18,19). The van der Waals surface area contributed by atoms with Crippen LogP contribution in [0.1, 0.15) is 16.9 Å². The van der Waals surface area contributed by atoms with Gasteiger partial charge in [0.05, 0.1) is 10.7 Å². The van der Waals surface area contributed by atoms with E-state index in [9.17, 15) is 4.79 Å². The van der Waals surface area contributed by atoms with Crippen LogP contribution in [0.2, 0.25) is 0 Å². The first-order chi connectivity index (χ1) is 9.15. The largest absolute Gasteiger partial charge is 0.477 e. The van der Waals surface area contributed by atoms with Gasteiger partial charge in [-0.3, -0.25) is 4.68 Å². The molecule has 0 aliphatic heterocycles. The van der Waals surface area contributed by atoms with Gasteiger partial charge >= 0.3 is 5.97 Å². The molecule has 2 N–H and O–H groups in total. The van der Waals surface area contributed by atoms with Crippen LogP contribution in [0.3, 0.4) is 0 Å². The van der Waals surface area contributed by atoms with Gasteiger partial charge in [-0.05, 0) is 34.5 Å². The second-order valence-corrected chi connectivity index (χ2v) is 4.83. The molecule has 0 saturated carbocycles. The fourth-order valence-corrected chi connectivity index (χ4v) is 1.90. The van der Waals surface area contributed by atoms with Crippen LogP contribution >= 0.6 is 15.9 Å². The number of nitrogens with one attached hydrogen (secondary N) is 1. The molecule has 0 aromatic carbocycles. The number of carboxylic acids is 1. The summed E-state index contributed by atoms with van der Waals surface area (Å²) >= 11 is 3.33. The number of hydrogen-bond donors (Lipinski definition) is 2. The second kappa shape index (κ2) is 6.33. The Bertz CT molecular complexity index is 570. The fraction of sp³-hybridized carbons (Fsp3) is 0.250. The highest BCUT2D eigenvalue weighted by Gasteiger charge is 2.04. The summed E-state index contributed by atoms with van der Waals surface area (Å²) in [6, 6.07) is 4.88. The molecule has 2 aromatic rings. The Morgan fingerprint density at radius 3 is 3.00 bits per heavy atom. The van der Waals surface area contributed by atoms with E-state index in [1.54, 1.807) is 18.3 Å². The smallest absolute Gasteiger partial charge is 0.354 e. The van der Waals surface area contributed by atoms with Gasteiger partial charge in [-0.1, -0.05) is 6.07 Å². The third kappa shape index (κ3) is 4.06. The summed E-state index contributed by atoms with van der Waals surface area (Å²) in [6.45, 7) is 1.49. The lowest BCUT2D eigenvalue weighted by Gasteiger charge is -2.06. The van der Waals surface area contributed by atoms with Gasteiger partial charge in [0.2, 0.25) is 0 Å². The average molecular weight is 325 g/mol. The van der Waals surface area contributed by atoms with E-state index in [-0.39, 0.29) is 5.69 Å². The van der Waals surface area contributed by atoms with Gasteiger partial charge in [-0.25, -0.2) is 9.78 Å². The Balaban J connectivity index is 1.79. The molecule has 7 heteroatoms. The van der Waals surface area contributed by atoms with E-state index in [1.165, 1.54) is 6.07 Å². The van der Waals surface area contributed by atoms with E-state index < -0.39 is 5.97 Å². The molecule has 0 unspecified atom stereocenters. The van der Waals surface area contributed by atoms with Crippen molar-refractivity contribution in [3.05, 3.63) is 40.8 Å². The third-order valence-corrected chi connectivity index (χ3v) is 2.85. The molecule has 0 amide bonds. The van der Waals surface area contributed by atoms with Crippen molar-refractivity contribution in [2.45, 2.75) is 13.0 Å². The minimum absolute atomic E-state index is 0.0426. The van der Waals surface area contributed by atoms with E-state index in [0.29, 0.717) is 12.4 Å². The van der Waals surface area contributed by atoms with Crippen molar-refractivity contribution in [1.82, 2.24) is 14.8 Å². The number of aryl methyl sites for hydroxylation is 1. The van der Waals surface area contributed by atoms with E-state index in [1.807, 2.05) is 10.9 Å². The molecule has 19 heavy (non-hydrogen) atoms.